The van der Waals surface area contributed by atoms with E-state index < -0.39 is 12.1 Å². The first kappa shape index (κ1) is 27.8. The quantitative estimate of drug-likeness (QED) is 0.234. The molecule has 204 valence electrons. The van der Waals surface area contributed by atoms with E-state index in [1.807, 2.05) is 0 Å². The van der Waals surface area contributed by atoms with Crippen LogP contribution in [0.1, 0.15) is 64.2 Å². The summed E-state index contributed by atoms with van der Waals surface area (Å²) in [4.78, 5) is 32.9. The van der Waals surface area contributed by atoms with Gasteiger partial charge in [-0.1, -0.05) is 12.8 Å². The molecule has 6 N–H and O–H groups in total. The Balaban J connectivity index is 1.45. The summed E-state index contributed by atoms with van der Waals surface area (Å²) in [6.07, 6.45) is 11.1. The molecule has 1 spiro atoms. The molecule has 10 heteroatoms. The Bertz CT molecular complexity index is 782. The second kappa shape index (κ2) is 12.5. The van der Waals surface area contributed by atoms with Crippen molar-refractivity contribution in [3.05, 3.63) is 0 Å². The van der Waals surface area contributed by atoms with Gasteiger partial charge in [0.25, 0.3) is 0 Å². The van der Waals surface area contributed by atoms with Crippen molar-refractivity contribution in [1.82, 2.24) is 15.5 Å². The van der Waals surface area contributed by atoms with E-state index >= 15 is 0 Å². The lowest BCUT2D eigenvalue weighted by Crippen LogP contribution is -2.63. The molecule has 0 aromatic heterocycles. The van der Waals surface area contributed by atoms with Crippen molar-refractivity contribution >= 4 is 29.7 Å². The van der Waals surface area contributed by atoms with Crippen LogP contribution in [0.25, 0.3) is 0 Å². The number of nitrogens with one attached hydrogen (secondary N) is 2. The zero-order valence-corrected chi connectivity index (χ0v) is 22.4. The number of aliphatic imine (C=N–C) groups is 1. The Morgan fingerprint density at radius 2 is 1.89 bits per heavy atom. The Morgan fingerprint density at radius 1 is 1.17 bits per heavy atom. The molecule has 9 nitrogen and oxygen atoms in total. The first-order valence-electron chi connectivity index (χ1n) is 13.8. The van der Waals surface area contributed by atoms with E-state index in [4.69, 9.17) is 32.8 Å². The molecule has 2 saturated heterocycles. The van der Waals surface area contributed by atoms with Crippen LogP contribution in [0, 0.1) is 17.3 Å². The first-order valence-corrected chi connectivity index (χ1v) is 14.3. The van der Waals surface area contributed by atoms with Gasteiger partial charge in [-0.05, 0) is 76.4 Å². The van der Waals surface area contributed by atoms with Crippen molar-refractivity contribution in [3.63, 3.8) is 0 Å². The second-order valence-corrected chi connectivity index (χ2v) is 12.0. The van der Waals surface area contributed by atoms with E-state index in [-0.39, 0.29) is 46.7 Å². The molecule has 1 aliphatic carbocycles. The molecule has 36 heavy (non-hydrogen) atoms. The highest BCUT2D eigenvalue weighted by molar-refractivity contribution is 6.28. The highest BCUT2D eigenvalue weighted by atomic mass is 35.5. The van der Waals surface area contributed by atoms with Crippen molar-refractivity contribution in [3.8, 4) is 0 Å². The van der Waals surface area contributed by atoms with Gasteiger partial charge in [-0.15, -0.1) is 11.6 Å². The Labute approximate surface area is 220 Å². The van der Waals surface area contributed by atoms with Gasteiger partial charge in [-0.2, -0.15) is 0 Å². The number of amides is 1. The molecule has 1 saturated carbocycles. The van der Waals surface area contributed by atoms with Gasteiger partial charge in [0.05, 0.1) is 42.6 Å². The minimum absolute atomic E-state index is 0.0357. The molecule has 5 atom stereocenters. The maximum Gasteiger partial charge on any atom is 0.308 e. The first-order chi connectivity index (χ1) is 17.3. The van der Waals surface area contributed by atoms with Gasteiger partial charge in [0.15, 0.2) is 0 Å². The molecule has 0 aromatic rings. The van der Waals surface area contributed by atoms with Crippen molar-refractivity contribution in [2.45, 2.75) is 93.9 Å². The third kappa shape index (κ3) is 6.59. The lowest BCUT2D eigenvalue weighted by Gasteiger charge is -2.44. The zero-order chi connectivity index (χ0) is 25.7. The molecular weight excluding hydrogens is 480 g/mol. The summed E-state index contributed by atoms with van der Waals surface area (Å²) in [6.45, 7) is 3.24. The lowest BCUT2D eigenvalue weighted by molar-refractivity contribution is -0.147. The molecule has 0 radical (unpaired) electrons. The van der Waals surface area contributed by atoms with Gasteiger partial charge >= 0.3 is 5.97 Å². The minimum Gasteiger partial charge on any atom is -0.469 e. The number of ether oxygens (including phenoxy) is 1. The van der Waals surface area contributed by atoms with Crippen molar-refractivity contribution in [2.75, 3.05) is 33.3 Å². The van der Waals surface area contributed by atoms with E-state index in [0.29, 0.717) is 6.54 Å². The maximum atomic E-state index is 13.8. The van der Waals surface area contributed by atoms with Crippen LogP contribution in [0.2, 0.25) is 0 Å². The minimum atomic E-state index is -0.801. The number of nitrogens with zero attached hydrogens (tertiary/aromatic N) is 2. The average Bonchev–Trinajstić information content (AvgIpc) is 3.34. The highest BCUT2D eigenvalue weighted by Crippen LogP contribution is 2.48. The number of hydrogen-bond donors (Lipinski definition) is 4. The molecule has 5 unspecified atom stereocenters. The number of hydrogen-bond acceptors (Lipinski definition) is 8. The average molecular weight is 525 g/mol. The fourth-order valence-electron chi connectivity index (χ4n) is 7.07. The normalized spacial score (nSPS) is 32.7. The zero-order valence-electron chi connectivity index (χ0n) is 21.7. The van der Waals surface area contributed by atoms with Gasteiger partial charge in [-0.25, -0.2) is 0 Å². The fraction of sp³-hybridized carbons (Fsp3) is 0.885. The Hall–Kier alpha value is -1.26. The second-order valence-electron chi connectivity index (χ2n) is 11.4. The number of likely N-dealkylation sites (tertiary alicyclic amines) is 1. The summed E-state index contributed by atoms with van der Waals surface area (Å²) in [5.74, 6) is -0.876. The van der Waals surface area contributed by atoms with Crippen LogP contribution >= 0.6 is 11.6 Å². The predicted molar refractivity (Wildman–Crippen MR) is 142 cm³/mol. The number of carbonyl (C=O) groups excluding carboxylic acids is 2. The molecule has 4 rings (SSSR count). The third-order valence-corrected chi connectivity index (χ3v) is 9.47. The Kier molecular flexibility index (Phi) is 9.66. The van der Waals surface area contributed by atoms with Crippen LogP contribution in [0.4, 0.5) is 0 Å². The predicted octanol–water partition coefficient (Wildman–Crippen LogP) is 1.37. The van der Waals surface area contributed by atoms with Crippen LogP contribution in [-0.4, -0.2) is 85.9 Å². The van der Waals surface area contributed by atoms with Crippen LogP contribution in [0.5, 0.6) is 0 Å². The number of nitrogens with two attached hydrogens (primary N) is 2. The number of piperidine rings is 2. The van der Waals surface area contributed by atoms with Gasteiger partial charge in [0.1, 0.15) is 0 Å². The molecule has 0 aromatic carbocycles. The summed E-state index contributed by atoms with van der Waals surface area (Å²) in [6, 6.07) is -0.117. The maximum absolute atomic E-state index is 13.8. The van der Waals surface area contributed by atoms with Crippen molar-refractivity contribution < 1.29 is 14.3 Å². The third-order valence-electron chi connectivity index (χ3n) is 9.13. The number of alkyl halides is 1. The molecule has 0 bridgehead atoms. The molecule has 3 aliphatic heterocycles. The topological polar surface area (TPSA) is 135 Å². The fourth-order valence-corrected chi connectivity index (χ4v) is 7.24. The summed E-state index contributed by atoms with van der Waals surface area (Å²) >= 11 is 6.53. The highest BCUT2D eigenvalue weighted by Gasteiger charge is 2.43. The van der Waals surface area contributed by atoms with Crippen LogP contribution in [0.3, 0.4) is 0 Å². The molecular formula is C26H45ClN6O3. The Morgan fingerprint density at radius 3 is 2.56 bits per heavy atom. The monoisotopic (exact) mass is 524 g/mol. The number of esters is 1. The smallest absolute Gasteiger partial charge is 0.308 e. The van der Waals surface area contributed by atoms with E-state index in [1.54, 1.807) is 6.21 Å². The largest absolute Gasteiger partial charge is 0.469 e. The molecule has 1 amide bonds. The van der Waals surface area contributed by atoms with Crippen LogP contribution in [0.15, 0.2) is 4.99 Å². The van der Waals surface area contributed by atoms with Gasteiger partial charge in [0.2, 0.25) is 5.91 Å². The summed E-state index contributed by atoms with van der Waals surface area (Å²) in [7, 11) is 1.45. The molecule has 4 aliphatic rings. The number of carbonyl (C=O) groups is 2. The molecule has 3 fully saturated rings. The van der Waals surface area contributed by atoms with Crippen molar-refractivity contribution in [2.24, 2.45) is 33.7 Å². The number of rotatable bonds is 6. The van der Waals surface area contributed by atoms with E-state index in [0.717, 1.165) is 71.0 Å². The number of methoxy groups -OCH3 is 1. The van der Waals surface area contributed by atoms with E-state index in [1.165, 1.54) is 20.0 Å². The SMILES string of the molecule is COC(=O)C1CCN(C2CCNCC2NC(=O)C(C(N)N)C2CC3(CCCC3)CCC(Cl)C=N2)CC1. The lowest BCUT2D eigenvalue weighted by atomic mass is 9.72. The van der Waals surface area contributed by atoms with E-state index in [9.17, 15) is 9.59 Å². The molecule has 3 heterocycles. The van der Waals surface area contributed by atoms with E-state index in [2.05, 4.69) is 15.5 Å². The standard InChI is InChI=1S/C26H45ClN6O3/c1-36-25(35)17-6-12-33(13-7-17)21-5-11-30-16-20(21)32-24(34)22(23(28)29)19-14-26(8-2-3-9-26)10-4-18(27)15-31-19/h15,17-23,30H,2-14,16,28-29H2,1H3,(H,32,34). The summed E-state index contributed by atoms with van der Waals surface area (Å²) in [5.41, 5.74) is 12.7. The number of halogens is 1. The van der Waals surface area contributed by atoms with Crippen LogP contribution < -0.4 is 22.1 Å². The van der Waals surface area contributed by atoms with Gasteiger partial charge < -0.3 is 26.8 Å². The summed E-state index contributed by atoms with van der Waals surface area (Å²) < 4.78 is 4.94. The van der Waals surface area contributed by atoms with Crippen LogP contribution in [-0.2, 0) is 14.3 Å². The van der Waals surface area contributed by atoms with Gasteiger partial charge in [0, 0.05) is 18.8 Å². The summed E-state index contributed by atoms with van der Waals surface area (Å²) in [5, 5.41) is 6.62. The van der Waals surface area contributed by atoms with Gasteiger partial charge in [-0.3, -0.25) is 19.5 Å². The van der Waals surface area contributed by atoms with Crippen molar-refractivity contribution in [1.29, 1.82) is 0 Å².